The van der Waals surface area contributed by atoms with E-state index in [1.165, 1.54) is 5.56 Å². The van der Waals surface area contributed by atoms with Crippen molar-refractivity contribution in [2.75, 3.05) is 26.3 Å². The second-order valence-electron chi connectivity index (χ2n) is 7.18. The summed E-state index contributed by atoms with van der Waals surface area (Å²) in [5, 5.41) is 3.03. The molecular weight excluding hydrogens is 344 g/mol. The molecule has 2 aromatic rings. The molecule has 2 amide bonds. The van der Waals surface area contributed by atoms with Crippen LogP contribution >= 0.6 is 0 Å². The number of aryl methyl sites for hydroxylation is 1. The van der Waals surface area contributed by atoms with Gasteiger partial charge in [0.05, 0.1) is 13.2 Å². The van der Waals surface area contributed by atoms with Gasteiger partial charge in [0.15, 0.2) is 5.79 Å². The Morgan fingerprint density at radius 3 is 2.67 bits per heavy atom. The maximum atomic E-state index is 12.5. The molecule has 0 bridgehead atoms. The summed E-state index contributed by atoms with van der Waals surface area (Å²) in [5.41, 5.74) is 2.29. The van der Waals surface area contributed by atoms with Gasteiger partial charge in [-0.2, -0.15) is 0 Å². The quantitative estimate of drug-likeness (QED) is 0.897. The van der Waals surface area contributed by atoms with Crippen LogP contribution < -0.4 is 5.32 Å². The predicted octanol–water partition coefficient (Wildman–Crippen LogP) is 2.29. The van der Waals surface area contributed by atoms with Crippen molar-refractivity contribution in [1.82, 2.24) is 19.8 Å². The number of ether oxygens (including phenoxy) is 2. The molecule has 7 nitrogen and oxygen atoms in total. The third kappa shape index (κ3) is 4.14. The normalized spacial score (nSPS) is 18.8. The summed E-state index contributed by atoms with van der Waals surface area (Å²) in [7, 11) is 0. The molecule has 1 aromatic heterocycles. The lowest BCUT2D eigenvalue weighted by molar-refractivity contribution is -0.181. The van der Waals surface area contributed by atoms with Gasteiger partial charge in [0, 0.05) is 51.4 Å². The summed E-state index contributed by atoms with van der Waals surface area (Å²) in [6.45, 7) is 5.92. The molecule has 0 unspecified atom stereocenters. The van der Waals surface area contributed by atoms with Crippen LogP contribution in [-0.4, -0.2) is 52.6 Å². The molecule has 0 radical (unpaired) electrons. The van der Waals surface area contributed by atoms with Gasteiger partial charge in [-0.05, 0) is 18.1 Å². The van der Waals surface area contributed by atoms with Crippen molar-refractivity contribution >= 4 is 6.03 Å². The maximum absolute atomic E-state index is 12.5. The molecule has 0 saturated carbocycles. The number of imidazole rings is 1. The smallest absolute Gasteiger partial charge is 0.317 e. The standard InChI is InChI=1S/C20H26N4O3/c1-16-21-7-10-24(16)15-18-4-2-3-17(13-18)14-22-19(25)23-8-5-20(6-9-23)26-11-12-27-20/h2-4,7,10,13H,5-6,8-9,11-12,14-15H2,1H3,(H,22,25). The lowest BCUT2D eigenvalue weighted by atomic mass is 10.0. The number of nitrogens with one attached hydrogen (secondary N) is 1. The largest absolute Gasteiger partial charge is 0.347 e. The van der Waals surface area contributed by atoms with Crippen molar-refractivity contribution in [3.8, 4) is 0 Å². The number of carbonyl (C=O) groups is 1. The van der Waals surface area contributed by atoms with Crippen LogP contribution in [0.5, 0.6) is 0 Å². The number of hydrogen-bond donors (Lipinski definition) is 1. The second kappa shape index (κ2) is 7.70. The van der Waals surface area contributed by atoms with E-state index in [-0.39, 0.29) is 6.03 Å². The first-order chi connectivity index (χ1) is 13.1. The van der Waals surface area contributed by atoms with Gasteiger partial charge in [-0.1, -0.05) is 24.3 Å². The van der Waals surface area contributed by atoms with Crippen molar-refractivity contribution < 1.29 is 14.3 Å². The van der Waals surface area contributed by atoms with E-state index < -0.39 is 5.79 Å². The molecule has 2 aliphatic rings. The number of urea groups is 1. The first kappa shape index (κ1) is 18.0. The topological polar surface area (TPSA) is 68.6 Å². The van der Waals surface area contributed by atoms with Crippen LogP contribution in [-0.2, 0) is 22.6 Å². The Bertz CT molecular complexity index is 788. The van der Waals surface area contributed by atoms with E-state index in [9.17, 15) is 4.79 Å². The van der Waals surface area contributed by atoms with Crippen molar-refractivity contribution in [2.45, 2.75) is 38.6 Å². The van der Waals surface area contributed by atoms with E-state index in [0.717, 1.165) is 30.8 Å². The first-order valence-electron chi connectivity index (χ1n) is 9.50. The minimum atomic E-state index is -0.448. The number of likely N-dealkylation sites (tertiary alicyclic amines) is 1. The molecule has 2 fully saturated rings. The molecular formula is C20H26N4O3. The number of amides is 2. The van der Waals surface area contributed by atoms with Crippen molar-refractivity contribution in [2.24, 2.45) is 0 Å². The van der Waals surface area contributed by atoms with E-state index in [1.54, 1.807) is 0 Å². The SMILES string of the molecule is Cc1nccn1Cc1cccc(CNC(=O)N2CCC3(CC2)OCCO3)c1. The summed E-state index contributed by atoms with van der Waals surface area (Å²) < 4.78 is 13.5. The highest BCUT2D eigenvalue weighted by molar-refractivity contribution is 5.74. The number of rotatable bonds is 4. The van der Waals surface area contributed by atoms with Gasteiger partial charge in [-0.15, -0.1) is 0 Å². The second-order valence-corrected chi connectivity index (χ2v) is 7.18. The molecule has 1 N–H and O–H groups in total. The van der Waals surface area contributed by atoms with Crippen LogP contribution in [0.4, 0.5) is 4.79 Å². The van der Waals surface area contributed by atoms with Gasteiger partial charge in [-0.25, -0.2) is 9.78 Å². The summed E-state index contributed by atoms with van der Waals surface area (Å²) in [6, 6.07) is 8.26. The minimum Gasteiger partial charge on any atom is -0.347 e. The zero-order chi connectivity index (χ0) is 18.7. The predicted molar refractivity (Wildman–Crippen MR) is 100 cm³/mol. The van der Waals surface area contributed by atoms with Crippen molar-refractivity contribution in [1.29, 1.82) is 0 Å². The molecule has 144 valence electrons. The molecule has 0 atom stereocenters. The lowest BCUT2D eigenvalue weighted by Gasteiger charge is -2.37. The van der Waals surface area contributed by atoms with Crippen LogP contribution in [0.25, 0.3) is 0 Å². The Hall–Kier alpha value is -2.38. The summed E-state index contributed by atoms with van der Waals surface area (Å²) >= 11 is 0. The summed E-state index contributed by atoms with van der Waals surface area (Å²) in [5.74, 6) is 0.545. The van der Waals surface area contributed by atoms with Crippen molar-refractivity contribution in [3.05, 3.63) is 53.6 Å². The zero-order valence-corrected chi connectivity index (χ0v) is 15.7. The van der Waals surface area contributed by atoms with E-state index in [2.05, 4.69) is 27.0 Å². The molecule has 2 aliphatic heterocycles. The first-order valence-corrected chi connectivity index (χ1v) is 9.50. The van der Waals surface area contributed by atoms with E-state index >= 15 is 0 Å². The van der Waals surface area contributed by atoms with Crippen LogP contribution in [0.2, 0.25) is 0 Å². The van der Waals surface area contributed by atoms with Gasteiger partial charge in [0.25, 0.3) is 0 Å². The van der Waals surface area contributed by atoms with Crippen LogP contribution in [0.15, 0.2) is 36.7 Å². The zero-order valence-electron chi connectivity index (χ0n) is 15.7. The number of piperidine rings is 1. The molecule has 4 rings (SSSR count). The number of nitrogens with zero attached hydrogens (tertiary/aromatic N) is 3. The summed E-state index contributed by atoms with van der Waals surface area (Å²) in [6.07, 6.45) is 5.26. The number of hydrogen-bond acceptors (Lipinski definition) is 4. The Morgan fingerprint density at radius 2 is 1.96 bits per heavy atom. The van der Waals surface area contributed by atoms with Crippen molar-refractivity contribution in [3.63, 3.8) is 0 Å². The Labute approximate surface area is 159 Å². The van der Waals surface area contributed by atoms with E-state index in [4.69, 9.17) is 9.47 Å². The summed E-state index contributed by atoms with van der Waals surface area (Å²) in [4.78, 5) is 18.6. The Morgan fingerprint density at radius 1 is 1.22 bits per heavy atom. The van der Waals surface area contributed by atoms with Crippen LogP contribution in [0, 0.1) is 6.92 Å². The highest BCUT2D eigenvalue weighted by Crippen LogP contribution is 2.31. The Balaban J connectivity index is 1.29. The average Bonchev–Trinajstić information content (AvgIpc) is 3.30. The third-order valence-electron chi connectivity index (χ3n) is 5.34. The Kier molecular flexibility index (Phi) is 5.13. The van der Waals surface area contributed by atoms with Gasteiger partial charge in [0.2, 0.25) is 0 Å². The fraction of sp³-hybridized carbons (Fsp3) is 0.500. The fourth-order valence-corrected chi connectivity index (χ4v) is 3.73. The molecule has 0 aliphatic carbocycles. The minimum absolute atomic E-state index is 0.0290. The van der Waals surface area contributed by atoms with Crippen LogP contribution in [0.3, 0.4) is 0 Å². The average molecular weight is 370 g/mol. The van der Waals surface area contributed by atoms with E-state index in [1.807, 2.05) is 36.4 Å². The maximum Gasteiger partial charge on any atom is 0.317 e. The van der Waals surface area contributed by atoms with E-state index in [0.29, 0.717) is 32.8 Å². The van der Waals surface area contributed by atoms with Crippen LogP contribution in [0.1, 0.15) is 29.8 Å². The number of aromatic nitrogens is 2. The molecule has 1 spiro atoms. The molecule has 7 heteroatoms. The third-order valence-corrected chi connectivity index (χ3v) is 5.34. The lowest BCUT2D eigenvalue weighted by Crippen LogP contribution is -2.50. The fourth-order valence-electron chi connectivity index (χ4n) is 3.73. The highest BCUT2D eigenvalue weighted by atomic mass is 16.7. The van der Waals surface area contributed by atoms with Gasteiger partial charge >= 0.3 is 6.03 Å². The number of carbonyl (C=O) groups excluding carboxylic acids is 1. The number of benzene rings is 1. The van der Waals surface area contributed by atoms with Gasteiger partial charge in [0.1, 0.15) is 5.82 Å². The molecule has 2 saturated heterocycles. The molecule has 3 heterocycles. The molecule has 1 aromatic carbocycles. The van der Waals surface area contributed by atoms with Gasteiger partial charge < -0.3 is 24.3 Å². The molecule has 27 heavy (non-hydrogen) atoms. The monoisotopic (exact) mass is 370 g/mol. The van der Waals surface area contributed by atoms with Gasteiger partial charge in [-0.3, -0.25) is 0 Å². The highest BCUT2D eigenvalue weighted by Gasteiger charge is 2.40.